The topological polar surface area (TPSA) is 127 Å². The lowest BCUT2D eigenvalue weighted by Crippen LogP contribution is -2.37. The fourth-order valence-corrected chi connectivity index (χ4v) is 3.54. The van der Waals surface area contributed by atoms with Crippen LogP contribution in [0.15, 0.2) is 56.6 Å². The van der Waals surface area contributed by atoms with Crippen LogP contribution in [-0.4, -0.2) is 38.9 Å². The minimum Gasteiger partial charge on any atom is -0.459 e. The van der Waals surface area contributed by atoms with E-state index in [1.165, 1.54) is 12.3 Å². The number of carbonyl (C=O) groups is 1. The van der Waals surface area contributed by atoms with Gasteiger partial charge in [0, 0.05) is 43.4 Å². The number of aromatic nitrogens is 3. The molecule has 1 amide bonds. The summed E-state index contributed by atoms with van der Waals surface area (Å²) in [5.74, 6) is 0.499. The number of nitrogens with zero attached hydrogens (tertiary/aromatic N) is 3. The molecule has 0 atom stereocenters. The van der Waals surface area contributed by atoms with Crippen LogP contribution in [0, 0.1) is 6.92 Å². The molecule has 9 nitrogen and oxygen atoms in total. The maximum Gasteiger partial charge on any atom is 0.330 e. The van der Waals surface area contributed by atoms with Crippen molar-refractivity contribution in [3.05, 3.63) is 80.3 Å². The van der Waals surface area contributed by atoms with Gasteiger partial charge in [-0.2, -0.15) is 0 Å². The van der Waals surface area contributed by atoms with E-state index in [1.807, 2.05) is 31.2 Å². The van der Waals surface area contributed by atoms with Crippen LogP contribution in [0.3, 0.4) is 0 Å². The standard InChI is InChI=1S/C23H23N5O4.ClH/c1-14-16-5-3-4-6-18(16)32-19(14)13-27(2)20(29)8-7-15-11-17-21(25-12-15)26-23(31)28(10-9-24)22(17)30;/h3-8,11-12H,9-10,13,24H2,1-2H3,(H,25,26,31);1H/b8-7+;. The smallest absolute Gasteiger partial charge is 0.330 e. The third-order valence-electron chi connectivity index (χ3n) is 5.33. The van der Waals surface area contributed by atoms with Crippen molar-refractivity contribution in [1.82, 2.24) is 19.4 Å². The second-order valence-corrected chi connectivity index (χ2v) is 7.51. The van der Waals surface area contributed by atoms with Gasteiger partial charge in [-0.05, 0) is 30.7 Å². The maximum atomic E-state index is 12.6. The predicted octanol–water partition coefficient (Wildman–Crippen LogP) is 2.19. The lowest BCUT2D eigenvalue weighted by Gasteiger charge is -2.13. The lowest BCUT2D eigenvalue weighted by atomic mass is 10.1. The summed E-state index contributed by atoms with van der Waals surface area (Å²) in [7, 11) is 1.69. The Balaban J connectivity index is 0.00000306. The van der Waals surface area contributed by atoms with Crippen molar-refractivity contribution in [2.24, 2.45) is 5.73 Å². The van der Waals surface area contributed by atoms with Crippen LogP contribution in [-0.2, 0) is 17.9 Å². The Labute approximate surface area is 194 Å². The van der Waals surface area contributed by atoms with E-state index < -0.39 is 11.2 Å². The van der Waals surface area contributed by atoms with Crippen molar-refractivity contribution in [2.45, 2.75) is 20.0 Å². The number of pyridine rings is 1. The van der Waals surface area contributed by atoms with Crippen LogP contribution >= 0.6 is 12.4 Å². The fraction of sp³-hybridized carbons (Fsp3) is 0.217. The van der Waals surface area contributed by atoms with E-state index in [2.05, 4.69) is 9.97 Å². The van der Waals surface area contributed by atoms with Gasteiger partial charge >= 0.3 is 5.69 Å². The molecular formula is C23H24ClN5O4. The highest BCUT2D eigenvalue weighted by Crippen LogP contribution is 2.25. The second kappa shape index (κ2) is 9.85. The molecule has 3 N–H and O–H groups in total. The molecule has 1 aromatic carbocycles. The van der Waals surface area contributed by atoms with Gasteiger partial charge in [0.05, 0.1) is 11.9 Å². The number of benzene rings is 1. The van der Waals surface area contributed by atoms with Gasteiger partial charge in [-0.1, -0.05) is 18.2 Å². The Morgan fingerprint density at radius 1 is 1.27 bits per heavy atom. The molecule has 4 aromatic rings. The van der Waals surface area contributed by atoms with Crippen LogP contribution in [0.2, 0.25) is 0 Å². The Bertz CT molecular complexity index is 1470. The molecule has 0 saturated carbocycles. The summed E-state index contributed by atoms with van der Waals surface area (Å²) < 4.78 is 6.92. The number of fused-ring (bicyclic) bond motifs is 2. The van der Waals surface area contributed by atoms with Gasteiger partial charge in [0.1, 0.15) is 17.0 Å². The second-order valence-electron chi connectivity index (χ2n) is 7.51. The van der Waals surface area contributed by atoms with Crippen molar-refractivity contribution < 1.29 is 9.21 Å². The predicted molar refractivity (Wildman–Crippen MR) is 129 cm³/mol. The molecule has 0 unspecified atom stereocenters. The van der Waals surface area contributed by atoms with E-state index in [0.717, 1.165) is 26.9 Å². The SMILES string of the molecule is Cc1c(CN(C)C(=O)/C=C/c2cnc3[nH]c(=O)n(CCN)c(=O)c3c2)oc2ccccc12.Cl. The van der Waals surface area contributed by atoms with Crippen molar-refractivity contribution in [3.63, 3.8) is 0 Å². The quantitative estimate of drug-likeness (QED) is 0.417. The number of aryl methyl sites for hydroxylation is 1. The zero-order chi connectivity index (χ0) is 22.8. The number of para-hydroxylation sites is 1. The van der Waals surface area contributed by atoms with Crippen molar-refractivity contribution >= 4 is 46.4 Å². The largest absolute Gasteiger partial charge is 0.459 e. The molecule has 0 bridgehead atoms. The summed E-state index contributed by atoms with van der Waals surface area (Å²) in [4.78, 5) is 45.4. The number of likely N-dealkylation sites (N-methyl/N-ethyl adjacent to an activating group) is 1. The van der Waals surface area contributed by atoms with Gasteiger partial charge in [0.15, 0.2) is 0 Å². The van der Waals surface area contributed by atoms with Crippen molar-refractivity contribution in [1.29, 1.82) is 0 Å². The summed E-state index contributed by atoms with van der Waals surface area (Å²) in [6.45, 7) is 2.56. The molecule has 0 aliphatic carbocycles. The Hall–Kier alpha value is -3.69. The molecule has 33 heavy (non-hydrogen) atoms. The summed E-state index contributed by atoms with van der Waals surface area (Å²) in [5, 5.41) is 1.28. The van der Waals surface area contributed by atoms with Crippen molar-refractivity contribution in [2.75, 3.05) is 13.6 Å². The summed E-state index contributed by atoms with van der Waals surface area (Å²) in [6, 6.07) is 9.33. The van der Waals surface area contributed by atoms with Crippen LogP contribution in [0.1, 0.15) is 16.9 Å². The van der Waals surface area contributed by atoms with Gasteiger partial charge in [-0.3, -0.25) is 19.1 Å². The maximum absolute atomic E-state index is 12.6. The number of furan rings is 1. The Morgan fingerprint density at radius 2 is 2.03 bits per heavy atom. The average Bonchev–Trinajstić information content (AvgIpc) is 3.10. The number of aromatic amines is 1. The van der Waals surface area contributed by atoms with E-state index in [1.54, 1.807) is 24.1 Å². The first-order valence-corrected chi connectivity index (χ1v) is 10.1. The highest BCUT2D eigenvalue weighted by molar-refractivity contribution is 5.92. The van der Waals surface area contributed by atoms with Crippen LogP contribution in [0.4, 0.5) is 0 Å². The van der Waals surface area contributed by atoms with Crippen LogP contribution in [0.25, 0.3) is 28.1 Å². The number of H-pyrrole nitrogens is 1. The van der Waals surface area contributed by atoms with Gasteiger partial charge < -0.3 is 15.1 Å². The number of rotatable bonds is 6. The summed E-state index contributed by atoms with van der Waals surface area (Å²) in [6.07, 6.45) is 4.47. The third-order valence-corrected chi connectivity index (χ3v) is 5.33. The minimum absolute atomic E-state index is 0. The first-order chi connectivity index (χ1) is 15.4. The van der Waals surface area contributed by atoms with Gasteiger partial charge in [-0.25, -0.2) is 9.78 Å². The van der Waals surface area contributed by atoms with E-state index in [4.69, 9.17) is 10.2 Å². The number of nitrogens with two attached hydrogens (primary N) is 1. The molecule has 0 spiro atoms. The number of halogens is 1. The first-order valence-electron chi connectivity index (χ1n) is 10.1. The molecule has 3 heterocycles. The molecule has 0 fully saturated rings. The molecule has 10 heteroatoms. The lowest BCUT2D eigenvalue weighted by molar-refractivity contribution is -0.125. The molecule has 0 aliphatic heterocycles. The molecule has 0 aliphatic rings. The zero-order valence-corrected chi connectivity index (χ0v) is 19.0. The normalized spacial score (nSPS) is 11.2. The molecule has 0 saturated heterocycles. The van der Waals surface area contributed by atoms with Crippen LogP contribution < -0.4 is 17.0 Å². The number of amides is 1. The minimum atomic E-state index is -0.554. The summed E-state index contributed by atoms with van der Waals surface area (Å²) in [5.41, 5.74) is 7.00. The number of carbonyl (C=O) groups excluding carboxylic acids is 1. The van der Waals surface area contributed by atoms with Crippen molar-refractivity contribution in [3.8, 4) is 0 Å². The molecule has 4 rings (SSSR count). The highest BCUT2D eigenvalue weighted by Gasteiger charge is 2.14. The molecule has 3 aromatic heterocycles. The average molecular weight is 470 g/mol. The van der Waals surface area contributed by atoms with Gasteiger partial charge in [-0.15, -0.1) is 12.4 Å². The molecule has 172 valence electrons. The van der Waals surface area contributed by atoms with Crippen LogP contribution in [0.5, 0.6) is 0 Å². The zero-order valence-electron chi connectivity index (χ0n) is 18.2. The number of nitrogens with one attached hydrogen (secondary N) is 1. The molecular weight excluding hydrogens is 446 g/mol. The van der Waals surface area contributed by atoms with E-state index >= 15 is 0 Å². The third kappa shape index (κ3) is 4.74. The van der Waals surface area contributed by atoms with E-state index in [0.29, 0.717) is 12.1 Å². The number of hydrogen-bond acceptors (Lipinski definition) is 6. The first kappa shape index (κ1) is 24.0. The van der Waals surface area contributed by atoms with Gasteiger partial charge in [0.25, 0.3) is 5.56 Å². The molecule has 0 radical (unpaired) electrons. The fourth-order valence-electron chi connectivity index (χ4n) is 3.54. The monoisotopic (exact) mass is 469 g/mol. The van der Waals surface area contributed by atoms with Gasteiger partial charge in [0.2, 0.25) is 5.91 Å². The van der Waals surface area contributed by atoms with E-state index in [9.17, 15) is 14.4 Å². The number of hydrogen-bond donors (Lipinski definition) is 2. The highest BCUT2D eigenvalue weighted by atomic mass is 35.5. The van der Waals surface area contributed by atoms with E-state index in [-0.39, 0.29) is 42.4 Å². The Morgan fingerprint density at radius 3 is 2.76 bits per heavy atom. The summed E-state index contributed by atoms with van der Waals surface area (Å²) >= 11 is 0. The Kier molecular flexibility index (Phi) is 7.15.